The van der Waals surface area contributed by atoms with Crippen LogP contribution in [0.5, 0.6) is 0 Å². The van der Waals surface area contributed by atoms with E-state index in [1.165, 1.54) is 25.7 Å². The van der Waals surface area contributed by atoms with E-state index in [2.05, 4.69) is 31.3 Å². The number of rotatable bonds is 5. The minimum atomic E-state index is 0.459. The van der Waals surface area contributed by atoms with E-state index >= 15 is 0 Å². The lowest BCUT2D eigenvalue weighted by Gasteiger charge is -2.08. The van der Waals surface area contributed by atoms with Crippen LogP contribution in [0.2, 0.25) is 0 Å². The summed E-state index contributed by atoms with van der Waals surface area (Å²) in [6.45, 7) is 0. The lowest BCUT2D eigenvalue weighted by atomic mass is 10.2. The van der Waals surface area contributed by atoms with Gasteiger partial charge in [0, 0.05) is 11.6 Å². The zero-order chi connectivity index (χ0) is 17.3. The molecule has 1 aliphatic rings. The molecule has 0 spiro atoms. The molecule has 0 aliphatic heterocycles. The third-order valence-electron chi connectivity index (χ3n) is 4.98. The van der Waals surface area contributed by atoms with E-state index in [0.29, 0.717) is 30.6 Å². The molecule has 7 heteroatoms. The van der Waals surface area contributed by atoms with E-state index in [-0.39, 0.29) is 0 Å². The molecule has 1 aromatic carbocycles. The molecule has 4 aromatic rings. The zero-order valence-electron chi connectivity index (χ0n) is 14.3. The van der Waals surface area contributed by atoms with Gasteiger partial charge >= 0.3 is 0 Å². The smallest absolute Gasteiger partial charge is 0.232 e. The van der Waals surface area contributed by atoms with Crippen molar-refractivity contribution in [2.24, 2.45) is 0 Å². The first kappa shape index (κ1) is 15.3. The summed E-state index contributed by atoms with van der Waals surface area (Å²) in [5, 5.41) is 13.9. The van der Waals surface area contributed by atoms with Gasteiger partial charge in [-0.1, -0.05) is 35.3 Å². The van der Waals surface area contributed by atoms with Crippen LogP contribution in [0.15, 0.2) is 45.6 Å². The van der Waals surface area contributed by atoms with E-state index in [1.807, 2.05) is 30.3 Å². The van der Waals surface area contributed by atoms with Crippen LogP contribution in [0.4, 0.5) is 0 Å². The van der Waals surface area contributed by atoms with Crippen LogP contribution in [0.3, 0.4) is 0 Å². The van der Waals surface area contributed by atoms with Gasteiger partial charge in [-0.2, -0.15) is 10.1 Å². The highest BCUT2D eigenvalue weighted by Crippen LogP contribution is 2.28. The molecule has 0 amide bonds. The molecule has 7 nitrogen and oxygen atoms in total. The standard InChI is InChI=1S/C19H19N5O2/c1-2-6-14(5-1)24-10-9-13(21-24)11-18-20-19(26-23-18)12-16-15-7-3-4-8-17(15)25-22-16/h3-4,7-10,14H,1-2,5-6,11-12H2. The average Bonchev–Trinajstić information content (AvgIpc) is 3.43. The summed E-state index contributed by atoms with van der Waals surface area (Å²) in [6, 6.07) is 10.3. The summed E-state index contributed by atoms with van der Waals surface area (Å²) in [7, 11) is 0. The monoisotopic (exact) mass is 349 g/mol. The molecule has 1 saturated carbocycles. The third kappa shape index (κ3) is 2.89. The van der Waals surface area contributed by atoms with E-state index in [4.69, 9.17) is 9.05 Å². The van der Waals surface area contributed by atoms with Crippen LogP contribution in [-0.2, 0) is 12.8 Å². The normalized spacial score (nSPS) is 15.2. The van der Waals surface area contributed by atoms with Gasteiger partial charge < -0.3 is 9.05 Å². The van der Waals surface area contributed by atoms with Crippen molar-refractivity contribution in [2.45, 2.75) is 44.6 Å². The predicted octanol–water partition coefficient (Wildman–Crippen LogP) is 3.70. The minimum absolute atomic E-state index is 0.459. The second-order valence-corrected chi connectivity index (χ2v) is 6.81. The topological polar surface area (TPSA) is 82.8 Å². The van der Waals surface area contributed by atoms with Gasteiger partial charge in [0.15, 0.2) is 11.4 Å². The number of hydrogen-bond donors (Lipinski definition) is 0. The molecule has 1 fully saturated rings. The van der Waals surface area contributed by atoms with Crippen molar-refractivity contribution >= 4 is 11.0 Å². The van der Waals surface area contributed by atoms with Crippen LogP contribution in [-0.4, -0.2) is 25.1 Å². The van der Waals surface area contributed by atoms with Crippen LogP contribution in [0, 0.1) is 0 Å². The van der Waals surface area contributed by atoms with E-state index in [9.17, 15) is 0 Å². The first-order valence-corrected chi connectivity index (χ1v) is 9.04. The number of fused-ring (bicyclic) bond motifs is 1. The fourth-order valence-corrected chi connectivity index (χ4v) is 3.65. The van der Waals surface area contributed by atoms with E-state index in [0.717, 1.165) is 22.4 Å². The molecule has 0 bridgehead atoms. The second-order valence-electron chi connectivity index (χ2n) is 6.81. The molecule has 132 valence electrons. The van der Waals surface area contributed by atoms with Crippen LogP contribution >= 0.6 is 0 Å². The lowest BCUT2D eigenvalue weighted by molar-refractivity contribution is 0.375. The van der Waals surface area contributed by atoms with Gasteiger partial charge in [0.1, 0.15) is 5.69 Å². The highest BCUT2D eigenvalue weighted by molar-refractivity contribution is 5.79. The van der Waals surface area contributed by atoms with Crippen molar-refractivity contribution < 1.29 is 9.05 Å². The molecule has 0 radical (unpaired) electrons. The summed E-state index contributed by atoms with van der Waals surface area (Å²) in [4.78, 5) is 4.49. The summed E-state index contributed by atoms with van der Waals surface area (Å²) >= 11 is 0. The molecule has 1 aliphatic carbocycles. The van der Waals surface area contributed by atoms with Crippen LogP contribution in [0.25, 0.3) is 11.0 Å². The van der Waals surface area contributed by atoms with Crippen molar-refractivity contribution in [1.29, 1.82) is 0 Å². The fourth-order valence-electron chi connectivity index (χ4n) is 3.65. The first-order valence-electron chi connectivity index (χ1n) is 9.04. The second kappa shape index (κ2) is 6.40. The molecule has 5 rings (SSSR count). The van der Waals surface area contributed by atoms with Gasteiger partial charge in [-0.15, -0.1) is 0 Å². The van der Waals surface area contributed by atoms with Crippen molar-refractivity contribution in [3.05, 3.63) is 59.6 Å². The average molecular weight is 349 g/mol. The summed E-state index contributed by atoms with van der Waals surface area (Å²) < 4.78 is 12.8. The number of para-hydroxylation sites is 1. The Balaban J connectivity index is 1.29. The Hall–Kier alpha value is -2.96. The van der Waals surface area contributed by atoms with Gasteiger partial charge in [-0.25, -0.2) is 0 Å². The van der Waals surface area contributed by atoms with Gasteiger partial charge in [0.2, 0.25) is 5.89 Å². The van der Waals surface area contributed by atoms with Crippen molar-refractivity contribution in [3.63, 3.8) is 0 Å². The maximum absolute atomic E-state index is 5.39. The maximum Gasteiger partial charge on any atom is 0.232 e. The minimum Gasteiger partial charge on any atom is -0.356 e. The van der Waals surface area contributed by atoms with E-state index < -0.39 is 0 Å². The van der Waals surface area contributed by atoms with Gasteiger partial charge in [-0.3, -0.25) is 4.68 Å². The molecule has 0 saturated heterocycles. The molecule has 3 aromatic heterocycles. The Morgan fingerprint density at radius 1 is 1.00 bits per heavy atom. The highest BCUT2D eigenvalue weighted by atomic mass is 16.5. The van der Waals surface area contributed by atoms with Crippen LogP contribution < -0.4 is 0 Å². The lowest BCUT2D eigenvalue weighted by Crippen LogP contribution is -2.06. The highest BCUT2D eigenvalue weighted by Gasteiger charge is 2.18. The molecular formula is C19H19N5O2. The SMILES string of the molecule is c1ccc2c(Cc3nc(Cc4ccn(C5CCCC5)n4)no3)noc2c1. The quantitative estimate of drug-likeness (QED) is 0.546. The van der Waals surface area contributed by atoms with Crippen LogP contribution in [0.1, 0.15) is 54.8 Å². The van der Waals surface area contributed by atoms with Crippen molar-refractivity contribution in [3.8, 4) is 0 Å². The molecule has 0 unspecified atom stereocenters. The number of hydrogen-bond acceptors (Lipinski definition) is 6. The van der Waals surface area contributed by atoms with Crippen molar-refractivity contribution in [2.75, 3.05) is 0 Å². The third-order valence-corrected chi connectivity index (χ3v) is 4.98. The Morgan fingerprint density at radius 3 is 2.81 bits per heavy atom. The first-order chi connectivity index (χ1) is 12.8. The zero-order valence-corrected chi connectivity index (χ0v) is 14.3. The van der Waals surface area contributed by atoms with E-state index in [1.54, 1.807) is 0 Å². The van der Waals surface area contributed by atoms with Crippen molar-refractivity contribution in [1.82, 2.24) is 25.1 Å². The molecule has 0 atom stereocenters. The summed E-state index contributed by atoms with van der Waals surface area (Å²) in [5.74, 6) is 1.18. The van der Waals surface area contributed by atoms with Gasteiger partial charge in [0.05, 0.1) is 24.6 Å². The number of benzene rings is 1. The molecule has 26 heavy (non-hydrogen) atoms. The summed E-state index contributed by atoms with van der Waals surface area (Å²) in [5.41, 5.74) is 2.54. The fraction of sp³-hybridized carbons (Fsp3) is 0.368. The Bertz CT molecular complexity index is 1030. The number of aromatic nitrogens is 5. The Kier molecular flexibility index (Phi) is 3.77. The molecule has 3 heterocycles. The predicted molar refractivity (Wildman–Crippen MR) is 93.7 cm³/mol. The summed E-state index contributed by atoms with van der Waals surface area (Å²) in [6.07, 6.45) is 8.13. The Labute approximate surface area is 150 Å². The number of nitrogens with zero attached hydrogens (tertiary/aromatic N) is 5. The Morgan fingerprint density at radius 2 is 1.88 bits per heavy atom. The van der Waals surface area contributed by atoms with Gasteiger partial charge in [0.25, 0.3) is 0 Å². The molecular weight excluding hydrogens is 330 g/mol. The van der Waals surface area contributed by atoms with Gasteiger partial charge in [-0.05, 0) is 31.0 Å². The molecule has 0 N–H and O–H groups in total. The largest absolute Gasteiger partial charge is 0.356 e. The maximum atomic E-state index is 5.39.